The number of fused-ring (bicyclic) bond motifs is 1. The summed E-state index contributed by atoms with van der Waals surface area (Å²) >= 11 is 1.59. The third kappa shape index (κ3) is 13.0. The van der Waals surface area contributed by atoms with E-state index in [1.54, 1.807) is 18.0 Å². The number of alkyl halides is 6. The molecule has 1 unspecified atom stereocenters. The molecule has 3 aliphatic heterocycles. The number of piperidine rings is 1. The molecule has 0 spiro atoms. The number of anilines is 2. The second kappa shape index (κ2) is 21.8. The maximum atomic E-state index is 15.4. The number of rotatable bonds is 15. The van der Waals surface area contributed by atoms with Crippen LogP contribution in [0.1, 0.15) is 58.4 Å². The van der Waals surface area contributed by atoms with Gasteiger partial charge in [-0.1, -0.05) is 12.1 Å². The number of halogens is 7. The first-order valence-electron chi connectivity index (χ1n) is 19.9. The van der Waals surface area contributed by atoms with Gasteiger partial charge in [0.05, 0.1) is 17.4 Å². The number of carbonyl (C=O) groups is 3. The number of amides is 1. The molecule has 0 bridgehead atoms. The summed E-state index contributed by atoms with van der Waals surface area (Å²) in [6.07, 6.45) is -4.69. The molecule has 2 aromatic carbocycles. The number of aldehydes is 2. The Morgan fingerprint density at radius 2 is 1.74 bits per heavy atom. The number of aliphatic imine (C=N–C) groups is 1. The fourth-order valence-electron chi connectivity index (χ4n) is 7.23. The van der Waals surface area contributed by atoms with Crippen molar-refractivity contribution < 1.29 is 45.1 Å². The van der Waals surface area contributed by atoms with Gasteiger partial charge in [-0.05, 0) is 80.7 Å². The molecule has 13 nitrogen and oxygen atoms in total. The maximum Gasteiger partial charge on any atom is 0.419 e. The fourth-order valence-corrected chi connectivity index (χ4v) is 8.26. The number of carbonyl (C=O) groups excluding carboxylic acids is 3. The Hall–Kier alpha value is -5.12. The van der Waals surface area contributed by atoms with Crippen LogP contribution in [0.2, 0.25) is 0 Å². The van der Waals surface area contributed by atoms with Crippen molar-refractivity contribution in [3.05, 3.63) is 82.6 Å². The van der Waals surface area contributed by atoms with Crippen LogP contribution in [-0.4, -0.2) is 127 Å². The Morgan fingerprint density at radius 1 is 1.03 bits per heavy atom. The van der Waals surface area contributed by atoms with Crippen LogP contribution in [0.3, 0.4) is 0 Å². The smallest absolute Gasteiger partial charge is 0.404 e. The molecule has 4 heterocycles. The molecule has 1 atom stereocenters. The first-order valence-corrected chi connectivity index (χ1v) is 20.6. The normalized spacial score (nSPS) is 17.5. The summed E-state index contributed by atoms with van der Waals surface area (Å²) in [6, 6.07) is 10.2. The van der Waals surface area contributed by atoms with Gasteiger partial charge >= 0.3 is 12.4 Å². The van der Waals surface area contributed by atoms with E-state index in [1.807, 2.05) is 37.2 Å². The third-order valence-electron chi connectivity index (χ3n) is 10.2. The second-order valence-electron chi connectivity index (χ2n) is 14.9. The van der Waals surface area contributed by atoms with E-state index in [0.29, 0.717) is 94.9 Å². The van der Waals surface area contributed by atoms with Gasteiger partial charge in [-0.3, -0.25) is 14.7 Å². The number of nitrogens with two attached hydrogens (primary N) is 1. The summed E-state index contributed by atoms with van der Waals surface area (Å²) in [5.74, 6) is -1.03. The van der Waals surface area contributed by atoms with E-state index in [0.717, 1.165) is 16.7 Å². The van der Waals surface area contributed by atoms with Crippen LogP contribution in [0, 0.1) is 5.82 Å². The molecular formula is C41H49F7N10O3S. The average Bonchev–Trinajstić information content (AvgIpc) is 3.54. The van der Waals surface area contributed by atoms with Crippen molar-refractivity contribution in [1.29, 1.82) is 0 Å². The van der Waals surface area contributed by atoms with Gasteiger partial charge in [-0.25, -0.2) is 18.7 Å². The summed E-state index contributed by atoms with van der Waals surface area (Å²) in [7, 11) is 3.75. The van der Waals surface area contributed by atoms with Crippen LogP contribution in [-0.2, 0) is 28.9 Å². The number of allylic oxidation sites excluding steroid dienone is 1. The Morgan fingerprint density at radius 3 is 2.37 bits per heavy atom. The van der Waals surface area contributed by atoms with Crippen molar-refractivity contribution in [1.82, 2.24) is 29.4 Å². The van der Waals surface area contributed by atoms with Gasteiger partial charge < -0.3 is 35.8 Å². The van der Waals surface area contributed by atoms with Crippen LogP contribution in [0.15, 0.2) is 58.7 Å². The van der Waals surface area contributed by atoms with Gasteiger partial charge in [-0.15, -0.1) is 0 Å². The molecule has 21 heteroatoms. The molecule has 4 N–H and O–H groups in total. The van der Waals surface area contributed by atoms with E-state index >= 15 is 4.39 Å². The maximum absolute atomic E-state index is 15.4. The number of hydrogen-bond acceptors (Lipinski definition) is 13. The molecule has 3 aliphatic rings. The fraction of sp³-hybridized carbons (Fsp3) is 0.463. The van der Waals surface area contributed by atoms with Crippen molar-refractivity contribution in [2.75, 3.05) is 70.1 Å². The van der Waals surface area contributed by atoms with Gasteiger partial charge in [-0.2, -0.15) is 26.3 Å². The number of hydrogen-bond donors (Lipinski definition) is 3. The summed E-state index contributed by atoms with van der Waals surface area (Å²) < 4.78 is 96.6. The van der Waals surface area contributed by atoms with Crippen LogP contribution in [0.4, 0.5) is 42.4 Å². The molecular weight excluding hydrogens is 846 g/mol. The van der Waals surface area contributed by atoms with Crippen molar-refractivity contribution in [3.8, 4) is 0 Å². The van der Waals surface area contributed by atoms with Crippen molar-refractivity contribution >= 4 is 53.9 Å². The topological polar surface area (TPSA) is 152 Å². The first-order chi connectivity index (χ1) is 29.6. The molecule has 3 aromatic rings. The highest BCUT2D eigenvalue weighted by Gasteiger charge is 2.37. The summed E-state index contributed by atoms with van der Waals surface area (Å²) in [5.41, 5.74) is 5.51. The molecule has 2 saturated heterocycles. The Balaban J connectivity index is 0.00000235. The Labute approximate surface area is 359 Å². The van der Waals surface area contributed by atoms with Crippen molar-refractivity contribution in [3.63, 3.8) is 0 Å². The van der Waals surface area contributed by atoms with E-state index in [4.69, 9.17) is 5.73 Å². The zero-order valence-corrected chi connectivity index (χ0v) is 35.0. The summed E-state index contributed by atoms with van der Waals surface area (Å²) in [6.45, 7) is 3.05. The van der Waals surface area contributed by atoms with Gasteiger partial charge in [0.25, 0.3) is 5.91 Å². The SMILES string of the molecule is CNC.N/C=C(\C=NCC(F)(F)F)c1nc(NC2CCN(Sc3cccc(CN4CCN(c5cc6c(cc5F)C(=O)N(C(C=O)CCC=O)C6)CC4)c3)CC2)ncc1C(F)(F)F. The summed E-state index contributed by atoms with van der Waals surface area (Å²) in [5, 5.41) is 5.81. The molecule has 1 amide bonds. The minimum atomic E-state index is -4.89. The van der Waals surface area contributed by atoms with E-state index in [-0.39, 0.29) is 36.9 Å². The van der Waals surface area contributed by atoms with E-state index in [9.17, 15) is 40.7 Å². The zero-order valence-electron chi connectivity index (χ0n) is 34.2. The summed E-state index contributed by atoms with van der Waals surface area (Å²) in [4.78, 5) is 53.1. The molecule has 62 heavy (non-hydrogen) atoms. The second-order valence-corrected chi connectivity index (χ2v) is 16.0. The molecule has 0 radical (unpaired) electrons. The molecule has 2 fully saturated rings. The third-order valence-corrected chi connectivity index (χ3v) is 11.3. The highest BCUT2D eigenvalue weighted by molar-refractivity contribution is 7.97. The van der Waals surface area contributed by atoms with Crippen LogP contribution >= 0.6 is 11.9 Å². The van der Waals surface area contributed by atoms with Gasteiger partial charge in [0, 0.05) is 99.5 Å². The quantitative estimate of drug-likeness (QED) is 0.0731. The number of aromatic nitrogens is 2. The lowest BCUT2D eigenvalue weighted by molar-refractivity contribution is -0.138. The molecule has 336 valence electrons. The lowest BCUT2D eigenvalue weighted by Crippen LogP contribution is -2.46. The molecule has 0 aliphatic carbocycles. The van der Waals surface area contributed by atoms with Crippen molar-refractivity contribution in [2.45, 2.75) is 68.1 Å². The molecule has 6 rings (SSSR count). The Kier molecular flexibility index (Phi) is 16.8. The van der Waals surface area contributed by atoms with E-state index in [1.165, 1.54) is 11.0 Å². The lowest BCUT2D eigenvalue weighted by Gasteiger charge is -2.36. The van der Waals surface area contributed by atoms with Crippen LogP contribution < -0.4 is 21.3 Å². The van der Waals surface area contributed by atoms with E-state index in [2.05, 4.69) is 40.9 Å². The largest absolute Gasteiger partial charge is 0.419 e. The van der Waals surface area contributed by atoms with Crippen LogP contribution in [0.5, 0.6) is 0 Å². The van der Waals surface area contributed by atoms with Gasteiger partial charge in [0.2, 0.25) is 5.95 Å². The van der Waals surface area contributed by atoms with Crippen molar-refractivity contribution in [2.24, 2.45) is 10.7 Å². The number of nitrogens with zero attached hydrogens (tertiary/aromatic N) is 7. The van der Waals surface area contributed by atoms with Gasteiger partial charge in [0.1, 0.15) is 30.5 Å². The monoisotopic (exact) mass is 894 g/mol. The predicted octanol–water partition coefficient (Wildman–Crippen LogP) is 5.81. The predicted molar refractivity (Wildman–Crippen MR) is 223 cm³/mol. The zero-order chi connectivity index (χ0) is 45.0. The Bertz CT molecular complexity index is 2070. The minimum absolute atomic E-state index is 0.117. The number of piperazine rings is 1. The highest BCUT2D eigenvalue weighted by atomic mass is 32.2. The average molecular weight is 895 g/mol. The lowest BCUT2D eigenvalue weighted by atomic mass is 10.1. The number of nitrogens with one attached hydrogen (secondary N) is 2. The number of benzene rings is 2. The minimum Gasteiger partial charge on any atom is -0.404 e. The van der Waals surface area contributed by atoms with Crippen LogP contribution in [0.25, 0.3) is 5.57 Å². The van der Waals surface area contributed by atoms with E-state index < -0.39 is 53.5 Å². The first kappa shape index (κ1) is 47.9. The standard InChI is InChI=1S/C39H42F7N9O3S.C2H7N/c40-33-17-31-26(22-55(36(31)58)29(23-57)4-2-14-56)16-34(33)53-12-10-52(11-13-53)21-25-3-1-5-30(15-25)59-54-8-6-28(7-9-54)50-37-49-20-32(39(44,45)46)35(51-37)27(18-47)19-48-24-38(41,42)43;1-3-2/h1,3,5,14-20,23,28-29H,2,4,6-13,21-22,24,47H2,(H,49,50,51);3H,1-2H3/b27-18+,48-19?;. The van der Waals surface area contributed by atoms with Gasteiger partial charge in [0.15, 0.2) is 0 Å². The molecule has 0 saturated carbocycles. The highest BCUT2D eigenvalue weighted by Crippen LogP contribution is 2.35. The molecule has 1 aromatic heterocycles.